The summed E-state index contributed by atoms with van der Waals surface area (Å²) in [4.78, 5) is 10.7. The first-order chi connectivity index (χ1) is 6.16. The third-order valence-electron chi connectivity index (χ3n) is 4.32. The quantitative estimate of drug-likeness (QED) is 0.445. The van der Waals surface area contributed by atoms with Gasteiger partial charge in [0.05, 0.1) is 0 Å². The van der Waals surface area contributed by atoms with Crippen LogP contribution < -0.4 is 0 Å². The van der Waals surface area contributed by atoms with Gasteiger partial charge >= 0.3 is 0 Å². The van der Waals surface area contributed by atoms with Gasteiger partial charge in [-0.05, 0) is 43.9 Å². The fraction of sp³-hybridized carbons (Fsp3) is 0.750. The lowest BCUT2D eigenvalue weighted by molar-refractivity contribution is -0.113. The van der Waals surface area contributed by atoms with Gasteiger partial charge in [0, 0.05) is 5.92 Å². The van der Waals surface area contributed by atoms with E-state index in [1.165, 1.54) is 12.8 Å². The highest BCUT2D eigenvalue weighted by atomic mass is 16.1. The molecule has 0 heterocycles. The van der Waals surface area contributed by atoms with Crippen molar-refractivity contribution in [3.8, 4) is 0 Å². The molecule has 0 aromatic rings. The van der Waals surface area contributed by atoms with Gasteiger partial charge in [-0.1, -0.05) is 18.6 Å². The lowest BCUT2D eigenvalue weighted by atomic mass is 9.64. The fourth-order valence-corrected chi connectivity index (χ4v) is 2.98. The van der Waals surface area contributed by atoms with Gasteiger partial charge in [0.2, 0.25) is 0 Å². The summed E-state index contributed by atoms with van der Waals surface area (Å²) >= 11 is 0. The molecule has 0 aromatic heterocycles. The van der Waals surface area contributed by atoms with Crippen LogP contribution in [0.5, 0.6) is 0 Å². The number of rotatable bonds is 1. The van der Waals surface area contributed by atoms with Crippen LogP contribution in [0.15, 0.2) is 11.6 Å². The fourth-order valence-electron chi connectivity index (χ4n) is 2.98. The van der Waals surface area contributed by atoms with Gasteiger partial charge in [0.25, 0.3) is 0 Å². The molecule has 1 fully saturated rings. The van der Waals surface area contributed by atoms with Crippen molar-refractivity contribution in [2.75, 3.05) is 0 Å². The maximum Gasteiger partial charge on any atom is 0.123 e. The summed E-state index contributed by atoms with van der Waals surface area (Å²) in [7, 11) is 0. The Labute approximate surface area is 80.2 Å². The Morgan fingerprint density at radius 3 is 3.08 bits per heavy atom. The van der Waals surface area contributed by atoms with Crippen molar-refractivity contribution >= 4 is 6.29 Å². The second-order valence-corrected chi connectivity index (χ2v) is 4.91. The molecule has 0 N–H and O–H groups in total. The minimum Gasteiger partial charge on any atom is -0.303 e. The molecule has 1 nitrogen and oxygen atoms in total. The van der Waals surface area contributed by atoms with Crippen molar-refractivity contribution < 1.29 is 4.79 Å². The summed E-state index contributed by atoms with van der Waals surface area (Å²) in [5, 5.41) is 0. The zero-order valence-electron chi connectivity index (χ0n) is 8.55. The molecule has 0 radical (unpaired) electrons. The molecule has 1 heteroatoms. The zero-order chi connectivity index (χ0) is 9.47. The van der Waals surface area contributed by atoms with Crippen LogP contribution in [0.3, 0.4) is 0 Å². The Bertz CT molecular complexity index is 254. The molecule has 72 valence electrons. The van der Waals surface area contributed by atoms with E-state index in [4.69, 9.17) is 0 Å². The smallest absolute Gasteiger partial charge is 0.123 e. The summed E-state index contributed by atoms with van der Waals surface area (Å²) in [6, 6.07) is 0. The Hall–Kier alpha value is -0.590. The number of hydrogen-bond donors (Lipinski definition) is 0. The normalized spacial score (nSPS) is 44.0. The number of carbonyl (C=O) groups is 1. The van der Waals surface area contributed by atoms with Crippen LogP contribution in [0, 0.1) is 17.3 Å². The average Bonchev–Trinajstić information content (AvgIpc) is 2.43. The lowest BCUT2D eigenvalue weighted by Gasteiger charge is -2.40. The van der Waals surface area contributed by atoms with Gasteiger partial charge < -0.3 is 4.79 Å². The minimum absolute atomic E-state index is 0.345. The number of fused-ring (bicyclic) bond motifs is 1. The van der Waals surface area contributed by atoms with Crippen LogP contribution in [0.4, 0.5) is 0 Å². The third-order valence-corrected chi connectivity index (χ3v) is 4.32. The maximum absolute atomic E-state index is 10.7. The number of carbonyl (C=O) groups excluding carboxylic acids is 1. The molecule has 0 saturated heterocycles. The van der Waals surface area contributed by atoms with Crippen LogP contribution in [0.1, 0.15) is 39.5 Å². The highest BCUT2D eigenvalue weighted by molar-refractivity contribution is 5.54. The van der Waals surface area contributed by atoms with Crippen LogP contribution in [0.2, 0.25) is 0 Å². The summed E-state index contributed by atoms with van der Waals surface area (Å²) < 4.78 is 0. The van der Waals surface area contributed by atoms with E-state index in [0.717, 1.165) is 25.0 Å². The zero-order valence-corrected chi connectivity index (χ0v) is 8.55. The van der Waals surface area contributed by atoms with Crippen LogP contribution >= 0.6 is 0 Å². The number of aldehydes is 1. The second kappa shape index (κ2) is 2.97. The summed E-state index contributed by atoms with van der Waals surface area (Å²) in [5.41, 5.74) is 1.99. The van der Waals surface area contributed by atoms with E-state index in [1.54, 1.807) is 5.57 Å². The molecule has 13 heavy (non-hydrogen) atoms. The van der Waals surface area contributed by atoms with Gasteiger partial charge in [0.1, 0.15) is 6.29 Å². The molecule has 2 aliphatic carbocycles. The van der Waals surface area contributed by atoms with E-state index in [9.17, 15) is 4.79 Å². The van der Waals surface area contributed by atoms with Crippen molar-refractivity contribution in [3.63, 3.8) is 0 Å². The van der Waals surface area contributed by atoms with Crippen molar-refractivity contribution in [2.45, 2.75) is 39.5 Å². The van der Waals surface area contributed by atoms with Crippen molar-refractivity contribution in [1.29, 1.82) is 0 Å². The second-order valence-electron chi connectivity index (χ2n) is 4.91. The first kappa shape index (κ1) is 8.98. The van der Waals surface area contributed by atoms with Gasteiger partial charge in [-0.15, -0.1) is 0 Å². The third kappa shape index (κ3) is 1.25. The molecular formula is C12H18O. The molecule has 0 aliphatic heterocycles. The standard InChI is InChI=1S/C12H18O/c1-9-3-4-11-7-10(8-13)5-6-12(9,11)2/h3,8,10-11H,4-7H2,1-2H3/t10?,11-,12-/m1/s1. The van der Waals surface area contributed by atoms with Crippen molar-refractivity contribution in [1.82, 2.24) is 0 Å². The van der Waals surface area contributed by atoms with E-state index < -0.39 is 0 Å². The lowest BCUT2D eigenvalue weighted by Crippen LogP contribution is -2.32. The predicted octanol–water partition coefficient (Wildman–Crippen LogP) is 2.96. The Kier molecular flexibility index (Phi) is 2.05. The molecule has 0 spiro atoms. The molecule has 2 aliphatic rings. The Morgan fingerprint density at radius 1 is 1.62 bits per heavy atom. The predicted molar refractivity (Wildman–Crippen MR) is 53.4 cm³/mol. The van der Waals surface area contributed by atoms with Crippen LogP contribution in [0.25, 0.3) is 0 Å². The van der Waals surface area contributed by atoms with Crippen LogP contribution in [-0.4, -0.2) is 6.29 Å². The van der Waals surface area contributed by atoms with Gasteiger partial charge in [-0.2, -0.15) is 0 Å². The van der Waals surface area contributed by atoms with E-state index in [2.05, 4.69) is 19.9 Å². The number of hydrogen-bond acceptors (Lipinski definition) is 1. The summed E-state index contributed by atoms with van der Waals surface area (Å²) in [6.07, 6.45) is 8.16. The summed E-state index contributed by atoms with van der Waals surface area (Å²) in [6.45, 7) is 4.62. The Morgan fingerprint density at radius 2 is 2.38 bits per heavy atom. The van der Waals surface area contributed by atoms with Crippen molar-refractivity contribution in [2.24, 2.45) is 17.3 Å². The molecule has 0 aromatic carbocycles. The summed E-state index contributed by atoms with van der Waals surface area (Å²) in [5.74, 6) is 1.09. The topological polar surface area (TPSA) is 17.1 Å². The SMILES string of the molecule is CC1=CC[C@@H]2CC(C=O)CC[C@]12C. The largest absolute Gasteiger partial charge is 0.303 e. The Balaban J connectivity index is 2.15. The number of allylic oxidation sites excluding steroid dienone is 2. The van der Waals surface area contributed by atoms with E-state index in [-0.39, 0.29) is 0 Å². The van der Waals surface area contributed by atoms with E-state index in [0.29, 0.717) is 11.3 Å². The minimum atomic E-state index is 0.345. The van der Waals surface area contributed by atoms with Crippen LogP contribution in [-0.2, 0) is 4.79 Å². The first-order valence-electron chi connectivity index (χ1n) is 5.29. The van der Waals surface area contributed by atoms with Gasteiger partial charge in [0.15, 0.2) is 0 Å². The van der Waals surface area contributed by atoms with E-state index in [1.807, 2.05) is 0 Å². The molecule has 3 atom stereocenters. The monoisotopic (exact) mass is 178 g/mol. The molecule has 2 rings (SSSR count). The molecule has 1 unspecified atom stereocenters. The van der Waals surface area contributed by atoms with Gasteiger partial charge in [-0.25, -0.2) is 0 Å². The average molecular weight is 178 g/mol. The molecule has 0 bridgehead atoms. The van der Waals surface area contributed by atoms with Gasteiger partial charge in [-0.3, -0.25) is 0 Å². The molecular weight excluding hydrogens is 160 g/mol. The maximum atomic E-state index is 10.7. The first-order valence-corrected chi connectivity index (χ1v) is 5.29. The molecule has 0 amide bonds. The van der Waals surface area contributed by atoms with E-state index >= 15 is 0 Å². The van der Waals surface area contributed by atoms with Crippen molar-refractivity contribution in [3.05, 3.63) is 11.6 Å². The molecule has 1 saturated carbocycles. The highest BCUT2D eigenvalue weighted by Crippen LogP contribution is 2.53. The highest BCUT2D eigenvalue weighted by Gasteiger charge is 2.43.